The van der Waals surface area contributed by atoms with E-state index in [1.807, 2.05) is 6.08 Å². The summed E-state index contributed by atoms with van der Waals surface area (Å²) in [5.74, 6) is -0.107. The lowest BCUT2D eigenvalue weighted by Gasteiger charge is -2.20. The molecule has 0 fully saturated rings. The first kappa shape index (κ1) is 64.3. The topological polar surface area (TPSA) is 95.9 Å². The zero-order valence-electron chi connectivity index (χ0n) is 44.4. The number of hydrogen-bond acceptors (Lipinski definition) is 5. The second-order valence-electron chi connectivity index (χ2n) is 20.3. The number of aliphatic hydroxyl groups excluding tert-OH is 2. The second kappa shape index (κ2) is 55.9. The van der Waals surface area contributed by atoms with Crippen LogP contribution in [0.2, 0.25) is 0 Å². The minimum atomic E-state index is -0.858. The van der Waals surface area contributed by atoms with Gasteiger partial charge in [-0.1, -0.05) is 276 Å². The summed E-state index contributed by atoms with van der Waals surface area (Å²) >= 11 is 0. The number of amides is 1. The lowest BCUT2D eigenvalue weighted by Crippen LogP contribution is -2.45. The Bertz CT molecular complexity index is 1030. The number of hydrogen-bond donors (Lipinski definition) is 3. The molecule has 0 saturated heterocycles. The molecule has 0 radical (unpaired) electrons. The number of rotatable bonds is 55. The summed E-state index contributed by atoms with van der Waals surface area (Å²) < 4.78 is 5.46. The predicted octanol–water partition coefficient (Wildman–Crippen LogP) is 18.2. The highest BCUT2D eigenvalue weighted by molar-refractivity contribution is 5.76. The van der Waals surface area contributed by atoms with Crippen molar-refractivity contribution in [3.8, 4) is 0 Å². The van der Waals surface area contributed by atoms with Crippen LogP contribution in [0.3, 0.4) is 0 Å². The van der Waals surface area contributed by atoms with Crippen LogP contribution in [0.25, 0.3) is 0 Å². The van der Waals surface area contributed by atoms with Crippen molar-refractivity contribution in [1.82, 2.24) is 5.32 Å². The van der Waals surface area contributed by atoms with Crippen molar-refractivity contribution in [3.05, 3.63) is 24.3 Å². The van der Waals surface area contributed by atoms with Gasteiger partial charge in [0.05, 0.1) is 25.4 Å². The quantitative estimate of drug-likeness (QED) is 0.0321. The predicted molar refractivity (Wildman–Crippen MR) is 287 cm³/mol. The molecule has 6 heteroatoms. The molecule has 0 spiro atoms. The smallest absolute Gasteiger partial charge is 0.305 e. The molecule has 0 aromatic rings. The van der Waals surface area contributed by atoms with Gasteiger partial charge in [0, 0.05) is 12.8 Å². The number of esters is 1. The van der Waals surface area contributed by atoms with Crippen LogP contribution in [0.1, 0.15) is 322 Å². The summed E-state index contributed by atoms with van der Waals surface area (Å²) in [6, 6.07) is -0.643. The first-order valence-electron chi connectivity index (χ1n) is 29.6. The van der Waals surface area contributed by atoms with E-state index in [0.29, 0.717) is 19.4 Å². The van der Waals surface area contributed by atoms with E-state index in [1.165, 1.54) is 238 Å². The Morgan fingerprint density at radius 3 is 1.08 bits per heavy atom. The molecule has 2 atom stereocenters. The maximum absolute atomic E-state index is 12.5. The van der Waals surface area contributed by atoms with Gasteiger partial charge in [0.2, 0.25) is 5.91 Å². The first-order valence-corrected chi connectivity index (χ1v) is 29.6. The normalized spacial score (nSPS) is 12.7. The van der Waals surface area contributed by atoms with E-state index in [9.17, 15) is 19.8 Å². The Kier molecular flexibility index (Phi) is 54.5. The molecule has 0 aromatic heterocycles. The van der Waals surface area contributed by atoms with Crippen molar-refractivity contribution in [2.24, 2.45) is 0 Å². The van der Waals surface area contributed by atoms with E-state index < -0.39 is 12.1 Å². The number of aliphatic hydroxyl groups is 2. The Balaban J connectivity index is 3.50. The van der Waals surface area contributed by atoms with Gasteiger partial charge < -0.3 is 20.3 Å². The van der Waals surface area contributed by atoms with Gasteiger partial charge in [0.1, 0.15) is 0 Å². The second-order valence-corrected chi connectivity index (χ2v) is 20.3. The molecule has 0 heterocycles. The summed E-state index contributed by atoms with van der Waals surface area (Å²) in [5.41, 5.74) is 0. The van der Waals surface area contributed by atoms with Crippen molar-refractivity contribution in [2.45, 2.75) is 334 Å². The highest BCUT2D eigenvalue weighted by Gasteiger charge is 2.18. The third-order valence-electron chi connectivity index (χ3n) is 13.7. The van der Waals surface area contributed by atoms with Crippen LogP contribution in [-0.4, -0.2) is 47.4 Å². The molecule has 0 aliphatic carbocycles. The molecule has 0 aliphatic rings. The maximum Gasteiger partial charge on any atom is 0.305 e. The van der Waals surface area contributed by atoms with Gasteiger partial charge in [-0.15, -0.1) is 0 Å². The highest BCUT2D eigenvalue weighted by Crippen LogP contribution is 2.17. The minimum absolute atomic E-state index is 0.0226. The van der Waals surface area contributed by atoms with Crippen molar-refractivity contribution >= 4 is 11.9 Å². The molecule has 0 bridgehead atoms. The molecule has 0 aliphatic heterocycles. The van der Waals surface area contributed by atoms with Crippen LogP contribution in [0.5, 0.6) is 0 Å². The molecular weight excluding hydrogens is 815 g/mol. The number of carbonyl (C=O) groups is 2. The Morgan fingerprint density at radius 2 is 0.712 bits per heavy atom. The highest BCUT2D eigenvalue weighted by atomic mass is 16.5. The molecule has 390 valence electrons. The SMILES string of the molecule is CCCCCCCC/C=C\CCCCCCCC(=O)OCCCCCCCCCCCCCC(=O)NC(CO)C(O)/C=C/CCCCCCCCCCCCCCCCCCCCCCC. The monoisotopic (exact) mass is 930 g/mol. The molecule has 6 nitrogen and oxygen atoms in total. The van der Waals surface area contributed by atoms with Crippen molar-refractivity contribution in [1.29, 1.82) is 0 Å². The number of nitrogens with one attached hydrogen (secondary N) is 1. The van der Waals surface area contributed by atoms with Crippen LogP contribution in [0.4, 0.5) is 0 Å². The average Bonchev–Trinajstić information content (AvgIpc) is 3.32. The molecule has 2 unspecified atom stereocenters. The van der Waals surface area contributed by atoms with E-state index in [1.54, 1.807) is 6.08 Å². The zero-order valence-corrected chi connectivity index (χ0v) is 44.4. The lowest BCUT2D eigenvalue weighted by atomic mass is 10.0. The summed E-state index contributed by atoms with van der Waals surface area (Å²) in [4.78, 5) is 24.5. The number of ether oxygens (including phenoxy) is 1. The molecule has 3 N–H and O–H groups in total. The Labute approximate surface area is 411 Å². The summed E-state index contributed by atoms with van der Waals surface area (Å²) in [6.45, 7) is 4.87. The van der Waals surface area contributed by atoms with Gasteiger partial charge >= 0.3 is 5.97 Å². The third-order valence-corrected chi connectivity index (χ3v) is 13.7. The van der Waals surface area contributed by atoms with Gasteiger partial charge in [-0.3, -0.25) is 9.59 Å². The van der Waals surface area contributed by atoms with Gasteiger partial charge in [-0.05, 0) is 57.8 Å². The molecule has 0 aromatic carbocycles. The lowest BCUT2D eigenvalue weighted by molar-refractivity contribution is -0.143. The number of allylic oxidation sites excluding steroid dienone is 3. The molecule has 66 heavy (non-hydrogen) atoms. The van der Waals surface area contributed by atoms with Crippen molar-refractivity contribution < 1.29 is 24.5 Å². The number of carbonyl (C=O) groups excluding carboxylic acids is 2. The average molecular weight is 931 g/mol. The zero-order chi connectivity index (χ0) is 47.9. The molecular formula is C60H115NO5. The minimum Gasteiger partial charge on any atom is -0.466 e. The molecule has 0 saturated carbocycles. The Hall–Kier alpha value is -1.66. The Morgan fingerprint density at radius 1 is 0.409 bits per heavy atom. The van der Waals surface area contributed by atoms with E-state index in [-0.39, 0.29) is 18.5 Å². The summed E-state index contributed by atoms with van der Waals surface area (Å²) in [5, 5.41) is 23.2. The van der Waals surface area contributed by atoms with Crippen LogP contribution < -0.4 is 5.32 Å². The largest absolute Gasteiger partial charge is 0.466 e. The van der Waals surface area contributed by atoms with Crippen LogP contribution in [0, 0.1) is 0 Å². The van der Waals surface area contributed by atoms with E-state index in [4.69, 9.17) is 4.74 Å². The van der Waals surface area contributed by atoms with Gasteiger partial charge in [0.15, 0.2) is 0 Å². The third kappa shape index (κ3) is 51.7. The number of unbranched alkanes of at least 4 members (excludes halogenated alkanes) is 42. The molecule has 0 rings (SSSR count). The fourth-order valence-corrected chi connectivity index (χ4v) is 9.16. The fraction of sp³-hybridized carbons (Fsp3) is 0.900. The maximum atomic E-state index is 12.5. The van der Waals surface area contributed by atoms with Crippen LogP contribution >= 0.6 is 0 Å². The summed E-state index contributed by atoms with van der Waals surface area (Å²) in [7, 11) is 0. The standard InChI is InChI=1S/C60H115NO5/c1-3-5-7-9-11-13-15-17-19-20-21-22-23-24-25-26-28-29-32-36-40-44-48-52-58(63)57(56-62)61-59(64)53-49-45-41-37-33-31-35-39-43-47-51-55-66-60(65)54-50-46-42-38-34-30-27-18-16-14-12-10-8-6-4-2/h18,27,48,52,57-58,62-63H,3-17,19-26,28-47,49-51,53-56H2,1-2H3,(H,61,64)/b27-18-,52-48+. The molecule has 1 amide bonds. The van der Waals surface area contributed by atoms with Crippen LogP contribution in [-0.2, 0) is 14.3 Å². The van der Waals surface area contributed by atoms with Crippen molar-refractivity contribution in [2.75, 3.05) is 13.2 Å². The fourth-order valence-electron chi connectivity index (χ4n) is 9.16. The van der Waals surface area contributed by atoms with Gasteiger partial charge in [-0.25, -0.2) is 0 Å². The van der Waals surface area contributed by atoms with Gasteiger partial charge in [0.25, 0.3) is 0 Å². The van der Waals surface area contributed by atoms with E-state index in [0.717, 1.165) is 57.8 Å². The van der Waals surface area contributed by atoms with Crippen molar-refractivity contribution in [3.63, 3.8) is 0 Å². The first-order chi connectivity index (χ1) is 32.5. The summed E-state index contributed by atoms with van der Waals surface area (Å²) in [6.07, 6.45) is 67.7. The van der Waals surface area contributed by atoms with Crippen LogP contribution in [0.15, 0.2) is 24.3 Å². The van der Waals surface area contributed by atoms with Gasteiger partial charge in [-0.2, -0.15) is 0 Å². The van der Waals surface area contributed by atoms with E-state index in [2.05, 4.69) is 31.3 Å². The van der Waals surface area contributed by atoms with E-state index >= 15 is 0 Å².